The fraction of sp³-hybridized carbons (Fsp3) is 0.100. The second-order valence-electron chi connectivity index (χ2n) is 5.95. The normalized spacial score (nSPS) is 10.7. The van der Waals surface area contributed by atoms with Crippen LogP contribution in [0.25, 0.3) is 10.2 Å². The summed E-state index contributed by atoms with van der Waals surface area (Å²) in [6.45, 7) is -0.164. The van der Waals surface area contributed by atoms with E-state index in [4.69, 9.17) is 9.47 Å². The smallest absolute Gasteiger partial charge is 0.342 e. The van der Waals surface area contributed by atoms with Crippen LogP contribution in [0.5, 0.6) is 5.75 Å². The van der Waals surface area contributed by atoms with Crippen LogP contribution in [0.4, 0.5) is 11.5 Å². The van der Waals surface area contributed by atoms with E-state index in [2.05, 4.69) is 20.3 Å². The number of esters is 1. The third-order valence-electron chi connectivity index (χ3n) is 4.09. The molecule has 0 saturated carbocycles. The van der Waals surface area contributed by atoms with Gasteiger partial charge in [-0.15, -0.1) is 11.3 Å². The zero-order chi connectivity index (χ0) is 20.2. The van der Waals surface area contributed by atoms with Gasteiger partial charge in [-0.25, -0.2) is 14.8 Å². The van der Waals surface area contributed by atoms with Crippen molar-refractivity contribution in [3.63, 3.8) is 0 Å². The summed E-state index contributed by atoms with van der Waals surface area (Å²) in [6, 6.07) is 12.3. The van der Waals surface area contributed by atoms with Gasteiger partial charge < -0.3 is 19.8 Å². The van der Waals surface area contributed by atoms with Crippen molar-refractivity contribution < 1.29 is 14.3 Å². The van der Waals surface area contributed by atoms with Crippen molar-refractivity contribution in [2.24, 2.45) is 0 Å². The molecule has 0 amide bonds. The first-order valence-electron chi connectivity index (χ1n) is 8.64. The van der Waals surface area contributed by atoms with E-state index in [1.54, 1.807) is 43.0 Å². The molecule has 3 heterocycles. The van der Waals surface area contributed by atoms with Crippen LogP contribution in [-0.4, -0.2) is 28.0 Å². The van der Waals surface area contributed by atoms with Crippen LogP contribution < -0.4 is 15.6 Å². The molecular weight excluding hydrogens is 392 g/mol. The lowest BCUT2D eigenvalue weighted by atomic mass is 10.2. The Morgan fingerprint density at radius 1 is 1.21 bits per heavy atom. The van der Waals surface area contributed by atoms with Gasteiger partial charge in [0.15, 0.2) is 0 Å². The van der Waals surface area contributed by atoms with Crippen LogP contribution in [-0.2, 0) is 11.3 Å². The molecule has 9 heteroatoms. The summed E-state index contributed by atoms with van der Waals surface area (Å²) in [5.74, 6) is 0.626. The van der Waals surface area contributed by atoms with Gasteiger partial charge in [-0.05, 0) is 35.7 Å². The molecule has 0 atom stereocenters. The largest absolute Gasteiger partial charge is 0.495 e. The van der Waals surface area contributed by atoms with Crippen LogP contribution in [0.1, 0.15) is 16.2 Å². The fourth-order valence-corrected chi connectivity index (χ4v) is 3.47. The second-order valence-corrected chi connectivity index (χ2v) is 6.86. The third kappa shape index (κ3) is 3.94. The van der Waals surface area contributed by atoms with Crippen LogP contribution in [0.15, 0.2) is 58.8 Å². The topological polar surface area (TPSA) is 106 Å². The summed E-state index contributed by atoms with van der Waals surface area (Å²) in [6.07, 6.45) is 1.57. The van der Waals surface area contributed by atoms with E-state index < -0.39 is 5.97 Å². The number of anilines is 2. The summed E-state index contributed by atoms with van der Waals surface area (Å²) in [7, 11) is 1.56. The van der Waals surface area contributed by atoms with E-state index in [0.29, 0.717) is 27.5 Å². The number of rotatable bonds is 6. The van der Waals surface area contributed by atoms with Crippen LogP contribution >= 0.6 is 11.3 Å². The number of ether oxygens (including phenoxy) is 2. The molecule has 29 heavy (non-hydrogen) atoms. The number of nitrogens with zero attached hydrogens (tertiary/aromatic N) is 2. The van der Waals surface area contributed by atoms with Crippen molar-refractivity contribution in [1.29, 1.82) is 0 Å². The van der Waals surface area contributed by atoms with Gasteiger partial charge in [-0.2, -0.15) is 0 Å². The number of H-pyrrole nitrogens is 1. The average Bonchev–Trinajstić information content (AvgIpc) is 3.22. The molecule has 0 fully saturated rings. The molecule has 0 aliphatic rings. The van der Waals surface area contributed by atoms with Crippen molar-refractivity contribution >= 4 is 39.0 Å². The summed E-state index contributed by atoms with van der Waals surface area (Å²) < 4.78 is 11.2. The summed E-state index contributed by atoms with van der Waals surface area (Å²) in [4.78, 5) is 35.8. The monoisotopic (exact) mass is 408 g/mol. The maximum Gasteiger partial charge on any atom is 0.342 e. The number of pyridine rings is 1. The van der Waals surface area contributed by atoms with Crippen LogP contribution in [0.2, 0.25) is 0 Å². The van der Waals surface area contributed by atoms with Crippen LogP contribution in [0.3, 0.4) is 0 Å². The fourth-order valence-electron chi connectivity index (χ4n) is 2.75. The summed E-state index contributed by atoms with van der Waals surface area (Å²) in [5.41, 5.74) is 1.23. The molecule has 4 aromatic rings. The van der Waals surface area contributed by atoms with Gasteiger partial charge in [0, 0.05) is 6.20 Å². The molecule has 0 radical (unpaired) electrons. The Labute approximate surface area is 169 Å². The molecule has 0 spiro atoms. The zero-order valence-corrected chi connectivity index (χ0v) is 16.2. The highest BCUT2D eigenvalue weighted by molar-refractivity contribution is 7.17. The molecule has 0 bridgehead atoms. The average molecular weight is 408 g/mol. The van der Waals surface area contributed by atoms with E-state index in [0.717, 1.165) is 0 Å². The molecule has 4 rings (SSSR count). The maximum atomic E-state index is 12.6. The number of carbonyl (C=O) groups is 1. The standard InChI is InChI=1S/C20H16N4O4S/c1-27-15-7-3-2-6-13(15)23-18-12(5-4-9-21-18)20(26)28-11-16-22-14-8-10-29-17(14)19(25)24-16/h2-10H,11H2,1H3,(H,21,23)(H,22,24,25). The molecule has 0 aliphatic carbocycles. The number of benzene rings is 1. The highest BCUT2D eigenvalue weighted by Crippen LogP contribution is 2.27. The molecule has 3 aromatic heterocycles. The first-order chi connectivity index (χ1) is 14.2. The molecule has 0 unspecified atom stereocenters. The molecule has 1 aromatic carbocycles. The lowest BCUT2D eigenvalue weighted by molar-refractivity contribution is 0.0463. The Bertz CT molecular complexity index is 1230. The highest BCUT2D eigenvalue weighted by Gasteiger charge is 2.16. The third-order valence-corrected chi connectivity index (χ3v) is 4.99. The number of hydrogen-bond acceptors (Lipinski definition) is 8. The minimum absolute atomic E-state index is 0.164. The van der Waals surface area contributed by atoms with Gasteiger partial charge in [-0.3, -0.25) is 4.79 Å². The Balaban J connectivity index is 1.53. The number of aromatic amines is 1. The van der Waals surface area contributed by atoms with Gasteiger partial charge in [0.25, 0.3) is 5.56 Å². The Morgan fingerprint density at radius 3 is 2.93 bits per heavy atom. The van der Waals surface area contributed by atoms with Gasteiger partial charge in [-0.1, -0.05) is 12.1 Å². The Kier molecular flexibility index (Phi) is 5.21. The van der Waals surface area contributed by atoms with Crippen molar-refractivity contribution in [2.45, 2.75) is 6.61 Å². The number of carbonyl (C=O) groups excluding carboxylic acids is 1. The lowest BCUT2D eigenvalue weighted by Crippen LogP contribution is -2.14. The SMILES string of the molecule is COc1ccccc1Nc1ncccc1C(=O)OCc1nc2ccsc2c(=O)[nH]1. The van der Waals surface area contributed by atoms with E-state index >= 15 is 0 Å². The van der Waals surface area contributed by atoms with Gasteiger partial charge >= 0.3 is 5.97 Å². The van der Waals surface area contributed by atoms with Crippen molar-refractivity contribution in [3.8, 4) is 5.75 Å². The van der Waals surface area contributed by atoms with Crippen LogP contribution in [0, 0.1) is 0 Å². The minimum atomic E-state index is -0.594. The highest BCUT2D eigenvalue weighted by atomic mass is 32.1. The Hall–Kier alpha value is -3.72. The van der Waals surface area contributed by atoms with E-state index in [1.807, 2.05) is 18.2 Å². The quantitative estimate of drug-likeness (QED) is 0.470. The van der Waals surface area contributed by atoms with E-state index in [-0.39, 0.29) is 23.6 Å². The molecule has 2 N–H and O–H groups in total. The van der Waals surface area contributed by atoms with Gasteiger partial charge in [0.05, 0.1) is 18.3 Å². The number of thiophene rings is 1. The van der Waals surface area contributed by atoms with Crippen molar-refractivity contribution in [1.82, 2.24) is 15.0 Å². The summed E-state index contributed by atoms with van der Waals surface area (Å²) >= 11 is 1.31. The lowest BCUT2D eigenvalue weighted by Gasteiger charge is -2.13. The van der Waals surface area contributed by atoms with E-state index in [1.165, 1.54) is 11.3 Å². The molecule has 0 saturated heterocycles. The van der Waals surface area contributed by atoms with E-state index in [9.17, 15) is 9.59 Å². The minimum Gasteiger partial charge on any atom is -0.495 e. The summed E-state index contributed by atoms with van der Waals surface area (Å²) in [5, 5.41) is 4.88. The first kappa shape index (κ1) is 18.6. The predicted molar refractivity (Wildman–Crippen MR) is 110 cm³/mol. The number of para-hydroxylation sites is 2. The number of hydrogen-bond donors (Lipinski definition) is 2. The zero-order valence-electron chi connectivity index (χ0n) is 15.3. The van der Waals surface area contributed by atoms with Gasteiger partial charge in [0.2, 0.25) is 0 Å². The Morgan fingerprint density at radius 2 is 2.07 bits per heavy atom. The maximum absolute atomic E-state index is 12.6. The van der Waals surface area contributed by atoms with Crippen molar-refractivity contribution in [2.75, 3.05) is 12.4 Å². The first-order valence-corrected chi connectivity index (χ1v) is 9.52. The molecule has 0 aliphatic heterocycles. The number of nitrogens with one attached hydrogen (secondary N) is 2. The molecule has 146 valence electrons. The second kappa shape index (κ2) is 8.11. The number of aromatic nitrogens is 3. The number of methoxy groups -OCH3 is 1. The number of fused-ring (bicyclic) bond motifs is 1. The predicted octanol–water partition coefficient (Wildman–Crippen LogP) is 3.49. The molecule has 8 nitrogen and oxygen atoms in total. The molecular formula is C20H16N4O4S. The van der Waals surface area contributed by atoms with Crippen molar-refractivity contribution in [3.05, 3.63) is 75.8 Å². The van der Waals surface area contributed by atoms with Gasteiger partial charge in [0.1, 0.15) is 34.3 Å².